The van der Waals surface area contributed by atoms with Gasteiger partial charge in [0, 0.05) is 6.54 Å². The lowest BCUT2D eigenvalue weighted by molar-refractivity contribution is -0.132. The van der Waals surface area contributed by atoms with Crippen LogP contribution in [0.2, 0.25) is 0 Å². The number of alkyl halides is 3. The molecule has 0 unspecified atom stereocenters. The molecule has 1 aliphatic heterocycles. The number of hydrogen-bond donors (Lipinski definition) is 2. The van der Waals surface area contributed by atoms with Gasteiger partial charge >= 0.3 is 11.9 Å². The van der Waals surface area contributed by atoms with Gasteiger partial charge in [-0.25, -0.2) is 9.18 Å². The van der Waals surface area contributed by atoms with Gasteiger partial charge in [-0.15, -0.1) is 0 Å². The summed E-state index contributed by atoms with van der Waals surface area (Å²) in [5.41, 5.74) is 5.40. The van der Waals surface area contributed by atoms with Gasteiger partial charge in [0.2, 0.25) is 6.41 Å². The molecule has 1 fully saturated rings. The number of benzene rings is 1. The second-order valence-corrected chi connectivity index (χ2v) is 8.18. The number of Topliss-reactive ketones (excluding diaryl/α,β-unsaturated/α-hetero) is 1. The first-order chi connectivity index (χ1) is 17.0. The van der Waals surface area contributed by atoms with Crippen LogP contribution in [-0.2, 0) is 17.9 Å². The molecular weight excluding hydrogens is 486 g/mol. The number of anilines is 1. The van der Waals surface area contributed by atoms with Crippen molar-refractivity contribution in [1.29, 1.82) is 0 Å². The highest BCUT2D eigenvalue weighted by molar-refractivity contribution is 6.01. The fraction of sp³-hybridized carbons (Fsp3) is 0.478. The van der Waals surface area contributed by atoms with Crippen LogP contribution in [0, 0.1) is 5.82 Å². The molecule has 1 amide bonds. The maximum atomic E-state index is 13.2. The molecule has 36 heavy (non-hydrogen) atoms. The molecule has 0 atom stereocenters. The van der Waals surface area contributed by atoms with E-state index in [1.54, 1.807) is 6.92 Å². The Morgan fingerprint density at radius 3 is 2.19 bits per heavy atom. The number of nitrogen functional groups attached to an aromatic ring is 1. The third-order valence-electron chi connectivity index (χ3n) is 5.52. The zero-order chi connectivity index (χ0) is 26.9. The van der Waals surface area contributed by atoms with Gasteiger partial charge in [-0.1, -0.05) is 18.6 Å². The predicted octanol–water partition coefficient (Wildman–Crippen LogP) is 1.76. The summed E-state index contributed by atoms with van der Waals surface area (Å²) < 4.78 is 48.5. The van der Waals surface area contributed by atoms with Crippen LogP contribution in [0.1, 0.15) is 42.1 Å². The van der Waals surface area contributed by atoms with Crippen LogP contribution >= 0.6 is 0 Å². The standard InChI is InChI=1S/C20H25FN4O3.C3H4F3NO/c1-2-24-19(27)17(16(26)13-23-10-4-3-5-11-23)18(22)25(20(24)28)12-14-6-8-15(21)9-7-14;4-3(5,6)1-7-2-8/h6-9H,2-5,10-13,22H2,1H3;2H,1H2,(H,7,8). The molecule has 2 heterocycles. The summed E-state index contributed by atoms with van der Waals surface area (Å²) in [6.07, 6.45) is -1.11. The number of carbonyl (C=O) groups excluding carboxylic acids is 2. The zero-order valence-corrected chi connectivity index (χ0v) is 19.8. The maximum Gasteiger partial charge on any atom is 0.405 e. The van der Waals surface area contributed by atoms with Crippen LogP contribution < -0.4 is 22.3 Å². The number of nitrogens with one attached hydrogen (secondary N) is 1. The monoisotopic (exact) mass is 515 g/mol. The van der Waals surface area contributed by atoms with Gasteiger partial charge in [-0.05, 0) is 50.6 Å². The highest BCUT2D eigenvalue weighted by Gasteiger charge is 2.26. The number of ketones is 1. The SMILES string of the molecule is CCn1c(=O)c(C(=O)CN2CCCCC2)c(N)n(Cc2ccc(F)cc2)c1=O.O=CNCC(F)(F)F. The third-order valence-corrected chi connectivity index (χ3v) is 5.52. The average molecular weight is 516 g/mol. The van der Waals surface area contributed by atoms with E-state index < -0.39 is 24.0 Å². The van der Waals surface area contributed by atoms with Gasteiger partial charge in [-0.3, -0.25) is 28.4 Å². The van der Waals surface area contributed by atoms with Crippen molar-refractivity contribution in [3.63, 3.8) is 0 Å². The van der Waals surface area contributed by atoms with Crippen LogP contribution in [0.15, 0.2) is 33.9 Å². The minimum Gasteiger partial charge on any atom is -0.384 e. The number of aromatic nitrogens is 2. The fourth-order valence-electron chi connectivity index (χ4n) is 3.74. The Morgan fingerprint density at radius 2 is 1.69 bits per heavy atom. The van der Waals surface area contributed by atoms with E-state index in [2.05, 4.69) is 0 Å². The van der Waals surface area contributed by atoms with Gasteiger partial charge in [0.1, 0.15) is 23.7 Å². The first-order valence-corrected chi connectivity index (χ1v) is 11.3. The Bertz CT molecular complexity index is 1150. The molecule has 0 bridgehead atoms. The van der Waals surface area contributed by atoms with E-state index in [4.69, 9.17) is 5.73 Å². The van der Waals surface area contributed by atoms with Crippen LogP contribution in [0.3, 0.4) is 0 Å². The number of carbonyl (C=O) groups is 2. The summed E-state index contributed by atoms with van der Waals surface area (Å²) >= 11 is 0. The van der Waals surface area contributed by atoms with E-state index in [1.165, 1.54) is 34.1 Å². The average Bonchev–Trinajstić information content (AvgIpc) is 2.82. The van der Waals surface area contributed by atoms with Gasteiger partial charge in [-0.2, -0.15) is 13.2 Å². The number of nitrogens with zero attached hydrogens (tertiary/aromatic N) is 3. The Hall–Kier alpha value is -3.48. The van der Waals surface area contributed by atoms with Gasteiger partial charge in [0.05, 0.1) is 13.1 Å². The van der Waals surface area contributed by atoms with Gasteiger partial charge < -0.3 is 11.1 Å². The lowest BCUT2D eigenvalue weighted by Gasteiger charge is -2.26. The van der Waals surface area contributed by atoms with Crippen LogP contribution in [0.5, 0.6) is 0 Å². The highest BCUT2D eigenvalue weighted by atomic mass is 19.4. The lowest BCUT2D eigenvalue weighted by atomic mass is 10.1. The minimum absolute atomic E-state index is 0.00743. The smallest absolute Gasteiger partial charge is 0.384 e. The van der Waals surface area contributed by atoms with Crippen molar-refractivity contribution < 1.29 is 27.2 Å². The number of piperidine rings is 1. The molecule has 0 radical (unpaired) electrons. The first kappa shape index (κ1) is 28.8. The molecule has 3 rings (SSSR count). The van der Waals surface area contributed by atoms with Crippen molar-refractivity contribution in [2.45, 2.75) is 45.5 Å². The molecule has 1 saturated heterocycles. The molecule has 1 aromatic heterocycles. The second-order valence-electron chi connectivity index (χ2n) is 8.18. The van der Waals surface area contributed by atoms with Crippen molar-refractivity contribution in [2.75, 3.05) is 31.9 Å². The number of likely N-dealkylation sites (tertiary alicyclic amines) is 1. The molecule has 1 aromatic carbocycles. The summed E-state index contributed by atoms with van der Waals surface area (Å²) in [7, 11) is 0. The molecule has 2 aromatic rings. The normalized spacial score (nSPS) is 14.0. The topological polar surface area (TPSA) is 119 Å². The van der Waals surface area contributed by atoms with E-state index in [-0.39, 0.29) is 49.0 Å². The van der Waals surface area contributed by atoms with Crippen molar-refractivity contribution in [3.05, 3.63) is 62.0 Å². The van der Waals surface area contributed by atoms with Crippen molar-refractivity contribution in [1.82, 2.24) is 19.4 Å². The largest absolute Gasteiger partial charge is 0.405 e. The Morgan fingerprint density at radius 1 is 1.08 bits per heavy atom. The summed E-state index contributed by atoms with van der Waals surface area (Å²) in [4.78, 5) is 49.6. The van der Waals surface area contributed by atoms with E-state index >= 15 is 0 Å². The number of rotatable bonds is 8. The number of amides is 1. The van der Waals surface area contributed by atoms with Crippen molar-refractivity contribution >= 4 is 18.0 Å². The van der Waals surface area contributed by atoms with E-state index in [0.717, 1.165) is 36.9 Å². The molecule has 3 N–H and O–H groups in total. The summed E-state index contributed by atoms with van der Waals surface area (Å²) in [5, 5.41) is 1.48. The van der Waals surface area contributed by atoms with Crippen molar-refractivity contribution in [2.24, 2.45) is 0 Å². The molecule has 0 aliphatic carbocycles. The molecule has 9 nitrogen and oxygen atoms in total. The first-order valence-electron chi connectivity index (χ1n) is 11.3. The molecule has 198 valence electrons. The number of nitrogens with two attached hydrogens (primary N) is 1. The molecule has 13 heteroatoms. The predicted molar refractivity (Wildman–Crippen MR) is 125 cm³/mol. The van der Waals surface area contributed by atoms with Crippen LogP contribution in [0.4, 0.5) is 23.4 Å². The van der Waals surface area contributed by atoms with Gasteiger partial charge in [0.15, 0.2) is 5.78 Å². The Balaban J connectivity index is 0.000000493. The van der Waals surface area contributed by atoms with Crippen LogP contribution in [0.25, 0.3) is 0 Å². The quantitative estimate of drug-likeness (QED) is 0.314. The van der Waals surface area contributed by atoms with Crippen molar-refractivity contribution in [3.8, 4) is 0 Å². The minimum atomic E-state index is -4.29. The van der Waals surface area contributed by atoms with E-state index in [9.17, 15) is 36.7 Å². The van der Waals surface area contributed by atoms with Gasteiger partial charge in [0.25, 0.3) is 5.56 Å². The highest BCUT2D eigenvalue weighted by Crippen LogP contribution is 2.14. The molecule has 1 aliphatic rings. The Kier molecular flexibility index (Phi) is 10.4. The molecule has 0 saturated carbocycles. The Labute approximate surface area is 204 Å². The number of hydrogen-bond acceptors (Lipinski definition) is 6. The number of halogens is 4. The molecular formula is C23H29F4N5O4. The second kappa shape index (κ2) is 13.0. The fourth-order valence-corrected chi connectivity index (χ4v) is 3.74. The summed E-state index contributed by atoms with van der Waals surface area (Å²) in [5.74, 6) is -0.898. The molecule has 0 spiro atoms. The third kappa shape index (κ3) is 8.04. The summed E-state index contributed by atoms with van der Waals surface area (Å²) in [6, 6.07) is 5.65. The summed E-state index contributed by atoms with van der Waals surface area (Å²) in [6.45, 7) is 2.32. The zero-order valence-electron chi connectivity index (χ0n) is 19.8. The van der Waals surface area contributed by atoms with Crippen LogP contribution in [-0.4, -0.2) is 58.6 Å². The van der Waals surface area contributed by atoms with E-state index in [0.29, 0.717) is 5.56 Å². The maximum absolute atomic E-state index is 13.2. The lowest BCUT2D eigenvalue weighted by Crippen LogP contribution is -2.45. The van der Waals surface area contributed by atoms with E-state index in [1.807, 2.05) is 4.90 Å².